The number of hydrogen-bond acceptors (Lipinski definition) is 3. The predicted octanol–water partition coefficient (Wildman–Crippen LogP) is -0.363. The largest absolute Gasteiger partial charge is 0.340 e. The van der Waals surface area contributed by atoms with Gasteiger partial charge in [-0.15, -0.1) is 0 Å². The first-order valence-corrected chi connectivity index (χ1v) is 4.52. The Balaban J connectivity index is 2.00. The molecule has 1 fully saturated rings. The van der Waals surface area contributed by atoms with Crippen molar-refractivity contribution in [3.05, 3.63) is 18.2 Å². The predicted molar refractivity (Wildman–Crippen MR) is 46.8 cm³/mol. The summed E-state index contributed by atoms with van der Waals surface area (Å²) in [5.41, 5.74) is -0.177. The fraction of sp³-hybridized carbons (Fsp3) is 0.444. The van der Waals surface area contributed by atoms with E-state index in [1.807, 2.05) is 10.8 Å². The van der Waals surface area contributed by atoms with Crippen LogP contribution in [0.3, 0.4) is 0 Å². The number of imidazole rings is 1. The van der Waals surface area contributed by atoms with E-state index < -0.39 is 0 Å². The summed E-state index contributed by atoms with van der Waals surface area (Å²) < 4.78 is 1.91. The van der Waals surface area contributed by atoms with Gasteiger partial charge in [0.15, 0.2) is 5.82 Å². The molecule has 0 radical (unpaired) electrons. The monoisotopic (exact) mass is 191 g/mol. The van der Waals surface area contributed by atoms with E-state index in [-0.39, 0.29) is 11.3 Å². The number of aromatic nitrogens is 2. The van der Waals surface area contributed by atoms with Crippen LogP contribution in [-0.2, 0) is 10.3 Å². The molecule has 0 N–H and O–H groups in total. The third kappa shape index (κ3) is 0.724. The summed E-state index contributed by atoms with van der Waals surface area (Å²) in [6.07, 6.45) is 4.77. The quantitative estimate of drug-likeness (QED) is 0.569. The highest BCUT2D eigenvalue weighted by Crippen LogP contribution is 2.38. The lowest BCUT2D eigenvalue weighted by atomic mass is 9.88. The van der Waals surface area contributed by atoms with Crippen LogP contribution in [0.5, 0.6) is 0 Å². The molecular formula is C9H9N3O2. The van der Waals surface area contributed by atoms with Crippen molar-refractivity contribution in [1.29, 1.82) is 0 Å². The van der Waals surface area contributed by atoms with E-state index in [2.05, 4.69) is 4.98 Å². The lowest BCUT2D eigenvalue weighted by Gasteiger charge is -2.46. The SMILES string of the molecule is O=CN1CC2(CC(=O)c3nccn32)C1. The number of fused-ring (bicyclic) bond motifs is 2. The summed E-state index contributed by atoms with van der Waals surface area (Å²) >= 11 is 0. The molecule has 0 saturated carbocycles. The lowest BCUT2D eigenvalue weighted by molar-refractivity contribution is -0.127. The van der Waals surface area contributed by atoms with Crippen molar-refractivity contribution in [2.75, 3.05) is 13.1 Å². The summed E-state index contributed by atoms with van der Waals surface area (Å²) in [4.78, 5) is 27.7. The molecule has 5 nitrogen and oxygen atoms in total. The first kappa shape index (κ1) is 7.73. The van der Waals surface area contributed by atoms with Gasteiger partial charge in [-0.1, -0.05) is 0 Å². The van der Waals surface area contributed by atoms with Crippen LogP contribution in [0, 0.1) is 0 Å². The number of rotatable bonds is 1. The van der Waals surface area contributed by atoms with E-state index in [9.17, 15) is 9.59 Å². The molecule has 1 aromatic heterocycles. The van der Waals surface area contributed by atoms with Gasteiger partial charge in [0.2, 0.25) is 12.2 Å². The number of hydrogen-bond donors (Lipinski definition) is 0. The van der Waals surface area contributed by atoms with Crippen LogP contribution in [0.2, 0.25) is 0 Å². The van der Waals surface area contributed by atoms with Gasteiger partial charge in [-0.05, 0) is 0 Å². The summed E-state index contributed by atoms with van der Waals surface area (Å²) in [6, 6.07) is 0. The number of Topliss-reactive ketones (excluding diaryl/α,β-unsaturated/α-hetero) is 1. The second-order valence-corrected chi connectivity index (χ2v) is 3.96. The Morgan fingerprint density at radius 2 is 2.29 bits per heavy atom. The smallest absolute Gasteiger partial charge is 0.209 e. The van der Waals surface area contributed by atoms with E-state index in [0.29, 0.717) is 25.3 Å². The Kier molecular flexibility index (Phi) is 1.23. The molecule has 1 saturated heterocycles. The molecule has 1 amide bonds. The lowest BCUT2D eigenvalue weighted by Crippen LogP contribution is -2.60. The Morgan fingerprint density at radius 3 is 3.00 bits per heavy atom. The number of likely N-dealkylation sites (tertiary alicyclic amines) is 1. The van der Waals surface area contributed by atoms with E-state index in [1.165, 1.54) is 0 Å². The normalized spacial score (nSPS) is 22.3. The molecule has 14 heavy (non-hydrogen) atoms. The maximum Gasteiger partial charge on any atom is 0.209 e. The van der Waals surface area contributed by atoms with Crippen molar-refractivity contribution in [3.63, 3.8) is 0 Å². The minimum absolute atomic E-state index is 0.0838. The zero-order valence-electron chi connectivity index (χ0n) is 7.51. The number of carbonyl (C=O) groups is 2. The highest BCUT2D eigenvalue weighted by molar-refractivity contribution is 5.96. The summed E-state index contributed by atoms with van der Waals surface area (Å²) in [6.45, 7) is 1.26. The van der Waals surface area contributed by atoms with Crippen molar-refractivity contribution < 1.29 is 9.59 Å². The molecule has 3 rings (SSSR count). The molecule has 2 aliphatic rings. The molecule has 1 spiro atoms. The summed E-state index contributed by atoms with van der Waals surface area (Å²) in [7, 11) is 0. The fourth-order valence-electron chi connectivity index (χ4n) is 2.40. The highest BCUT2D eigenvalue weighted by Gasteiger charge is 2.51. The van der Waals surface area contributed by atoms with Gasteiger partial charge in [0.1, 0.15) is 0 Å². The van der Waals surface area contributed by atoms with E-state index >= 15 is 0 Å². The van der Waals surface area contributed by atoms with Crippen LogP contribution in [0.25, 0.3) is 0 Å². The highest BCUT2D eigenvalue weighted by atomic mass is 16.1. The molecule has 2 aliphatic heterocycles. The zero-order chi connectivity index (χ0) is 9.76. The Morgan fingerprint density at radius 1 is 1.50 bits per heavy atom. The second kappa shape index (κ2) is 2.23. The van der Waals surface area contributed by atoms with E-state index in [1.54, 1.807) is 11.1 Å². The van der Waals surface area contributed by atoms with Gasteiger partial charge in [0.25, 0.3) is 0 Å². The van der Waals surface area contributed by atoms with Crippen LogP contribution < -0.4 is 0 Å². The topological polar surface area (TPSA) is 55.2 Å². The molecule has 1 aromatic rings. The molecule has 72 valence electrons. The average Bonchev–Trinajstić information content (AvgIpc) is 2.65. The average molecular weight is 191 g/mol. The zero-order valence-corrected chi connectivity index (χ0v) is 7.51. The van der Waals surface area contributed by atoms with Gasteiger partial charge in [0, 0.05) is 31.9 Å². The van der Waals surface area contributed by atoms with E-state index in [4.69, 9.17) is 0 Å². The third-order valence-electron chi connectivity index (χ3n) is 3.03. The van der Waals surface area contributed by atoms with Crippen LogP contribution >= 0.6 is 0 Å². The Labute approximate surface area is 80.3 Å². The van der Waals surface area contributed by atoms with Crippen molar-refractivity contribution in [2.45, 2.75) is 12.0 Å². The van der Waals surface area contributed by atoms with Gasteiger partial charge in [-0.2, -0.15) is 0 Å². The minimum Gasteiger partial charge on any atom is -0.340 e. The van der Waals surface area contributed by atoms with Crippen LogP contribution in [-0.4, -0.2) is 39.7 Å². The fourth-order valence-corrected chi connectivity index (χ4v) is 2.40. The van der Waals surface area contributed by atoms with Crippen LogP contribution in [0.4, 0.5) is 0 Å². The second-order valence-electron chi connectivity index (χ2n) is 3.96. The van der Waals surface area contributed by atoms with Crippen molar-refractivity contribution in [2.24, 2.45) is 0 Å². The number of carbonyl (C=O) groups excluding carboxylic acids is 2. The molecule has 0 bridgehead atoms. The molecule has 0 atom stereocenters. The molecule has 0 unspecified atom stereocenters. The number of nitrogens with zero attached hydrogens (tertiary/aromatic N) is 3. The van der Waals surface area contributed by atoms with Gasteiger partial charge < -0.3 is 9.47 Å². The minimum atomic E-state index is -0.177. The van der Waals surface area contributed by atoms with Crippen molar-refractivity contribution >= 4 is 12.2 Å². The van der Waals surface area contributed by atoms with Gasteiger partial charge in [-0.25, -0.2) is 4.98 Å². The first-order chi connectivity index (χ1) is 6.75. The van der Waals surface area contributed by atoms with Gasteiger partial charge in [-0.3, -0.25) is 9.59 Å². The Hall–Kier alpha value is -1.65. The van der Waals surface area contributed by atoms with Gasteiger partial charge in [0.05, 0.1) is 5.54 Å². The summed E-state index contributed by atoms with van der Waals surface area (Å²) in [5, 5.41) is 0. The molecular weight excluding hydrogens is 182 g/mol. The van der Waals surface area contributed by atoms with Crippen LogP contribution in [0.1, 0.15) is 17.0 Å². The number of ketones is 1. The molecule has 0 aliphatic carbocycles. The maximum absolute atomic E-state index is 11.5. The van der Waals surface area contributed by atoms with Crippen molar-refractivity contribution in [3.8, 4) is 0 Å². The first-order valence-electron chi connectivity index (χ1n) is 4.52. The number of amides is 1. The third-order valence-corrected chi connectivity index (χ3v) is 3.03. The molecule has 3 heterocycles. The maximum atomic E-state index is 11.5. The van der Waals surface area contributed by atoms with Crippen molar-refractivity contribution in [1.82, 2.24) is 14.5 Å². The van der Waals surface area contributed by atoms with Gasteiger partial charge >= 0.3 is 0 Å². The Bertz CT molecular complexity index is 417. The summed E-state index contributed by atoms with van der Waals surface area (Å²) in [5.74, 6) is 0.621. The van der Waals surface area contributed by atoms with E-state index in [0.717, 1.165) is 6.41 Å². The standard InChI is InChI=1S/C9H9N3O2/c13-6-11-4-9(5-11)3-7(14)8-10-1-2-12(8)9/h1-2,6H,3-5H2. The van der Waals surface area contributed by atoms with Crippen LogP contribution in [0.15, 0.2) is 12.4 Å². The molecule has 0 aromatic carbocycles. The molecule has 5 heteroatoms.